The molecule has 1 fully saturated rings. The number of benzene rings is 1. The van der Waals surface area contributed by atoms with E-state index in [0.29, 0.717) is 5.69 Å². The van der Waals surface area contributed by atoms with E-state index < -0.39 is 15.9 Å². The van der Waals surface area contributed by atoms with Crippen molar-refractivity contribution >= 4 is 33.0 Å². The van der Waals surface area contributed by atoms with Gasteiger partial charge >= 0.3 is 0 Å². The van der Waals surface area contributed by atoms with Gasteiger partial charge in [0.15, 0.2) is 0 Å². The average Bonchev–Trinajstić information content (AvgIpc) is 3.14. The van der Waals surface area contributed by atoms with Crippen LogP contribution in [0, 0.1) is 13.8 Å². The molecule has 0 bridgehead atoms. The highest BCUT2D eigenvalue weighted by Crippen LogP contribution is 2.27. The summed E-state index contributed by atoms with van der Waals surface area (Å²) in [4.78, 5) is 12.8. The van der Waals surface area contributed by atoms with Crippen LogP contribution in [0.15, 0.2) is 34.5 Å². The molecule has 0 radical (unpaired) electrons. The van der Waals surface area contributed by atoms with Crippen LogP contribution in [-0.2, 0) is 10.0 Å². The Labute approximate surface area is 139 Å². The fourth-order valence-electron chi connectivity index (χ4n) is 2.22. The molecule has 0 unspecified atom stereocenters. The fraction of sp³-hybridized carbons (Fsp3) is 0.312. The molecule has 0 atom stereocenters. The highest BCUT2D eigenvalue weighted by Gasteiger charge is 2.31. The van der Waals surface area contributed by atoms with E-state index in [1.54, 1.807) is 5.38 Å². The maximum Gasteiger partial charge on any atom is 0.267 e. The molecule has 1 amide bonds. The number of aryl methyl sites for hydroxylation is 1. The van der Waals surface area contributed by atoms with E-state index in [2.05, 4.69) is 10.0 Å². The molecule has 0 spiro atoms. The van der Waals surface area contributed by atoms with Crippen LogP contribution in [0.25, 0.3) is 0 Å². The summed E-state index contributed by atoms with van der Waals surface area (Å²) in [5.74, 6) is -0.398. The van der Waals surface area contributed by atoms with Crippen molar-refractivity contribution in [1.82, 2.24) is 4.72 Å². The molecule has 0 aliphatic heterocycles. The number of hydrogen-bond acceptors (Lipinski definition) is 4. The lowest BCUT2D eigenvalue weighted by Gasteiger charge is -2.11. The van der Waals surface area contributed by atoms with Gasteiger partial charge < -0.3 is 5.32 Å². The lowest BCUT2D eigenvalue weighted by atomic mass is 10.1. The molecule has 7 heteroatoms. The average molecular weight is 350 g/mol. The number of carbonyl (C=O) groups excluding carboxylic acids is 1. The van der Waals surface area contributed by atoms with Crippen molar-refractivity contribution in [2.24, 2.45) is 0 Å². The number of hydrogen-bond donors (Lipinski definition) is 2. The van der Waals surface area contributed by atoms with Crippen molar-refractivity contribution < 1.29 is 13.2 Å². The third-order valence-electron chi connectivity index (χ3n) is 3.88. The summed E-state index contributed by atoms with van der Waals surface area (Å²) >= 11 is 1.13. The Morgan fingerprint density at radius 3 is 2.65 bits per heavy atom. The molecule has 1 aromatic heterocycles. The topological polar surface area (TPSA) is 75.3 Å². The zero-order valence-electron chi connectivity index (χ0n) is 12.9. The molecule has 0 saturated heterocycles. The van der Waals surface area contributed by atoms with E-state index in [9.17, 15) is 13.2 Å². The van der Waals surface area contributed by atoms with Crippen LogP contribution in [0.1, 0.15) is 33.6 Å². The molecular weight excluding hydrogens is 332 g/mol. The second-order valence-electron chi connectivity index (χ2n) is 5.71. The number of carbonyl (C=O) groups is 1. The number of nitrogens with one attached hydrogen (secondary N) is 2. The molecule has 3 rings (SSSR count). The maximum absolute atomic E-state index is 12.5. The quantitative estimate of drug-likeness (QED) is 0.870. The van der Waals surface area contributed by atoms with Crippen LogP contribution in [0.3, 0.4) is 0 Å². The number of sulfonamides is 1. The first kappa shape index (κ1) is 16.2. The zero-order chi connectivity index (χ0) is 16.6. The first-order valence-electron chi connectivity index (χ1n) is 7.36. The lowest BCUT2D eigenvalue weighted by Crippen LogP contribution is -2.27. The molecular formula is C16H18N2O3S2. The van der Waals surface area contributed by atoms with Gasteiger partial charge in [-0.15, -0.1) is 11.3 Å². The second-order valence-corrected chi connectivity index (χ2v) is 8.31. The molecule has 122 valence electrons. The number of rotatable bonds is 5. The van der Waals surface area contributed by atoms with Gasteiger partial charge in [-0.2, -0.15) is 0 Å². The van der Waals surface area contributed by atoms with Crippen molar-refractivity contribution in [3.63, 3.8) is 0 Å². The maximum atomic E-state index is 12.5. The minimum atomic E-state index is -3.64. The minimum absolute atomic E-state index is 0.00910. The Bertz CT molecular complexity index is 852. The van der Waals surface area contributed by atoms with Crippen molar-refractivity contribution in [2.45, 2.75) is 37.6 Å². The van der Waals surface area contributed by atoms with Crippen LogP contribution in [-0.4, -0.2) is 20.4 Å². The molecule has 1 aromatic carbocycles. The van der Waals surface area contributed by atoms with E-state index in [-0.39, 0.29) is 15.8 Å². The Morgan fingerprint density at radius 1 is 1.22 bits per heavy atom. The molecule has 1 heterocycles. The number of thiophene rings is 1. The molecule has 5 nitrogen and oxygen atoms in total. The van der Waals surface area contributed by atoms with E-state index in [0.717, 1.165) is 35.3 Å². The summed E-state index contributed by atoms with van der Waals surface area (Å²) in [7, 11) is -3.64. The molecule has 2 N–H and O–H groups in total. The summed E-state index contributed by atoms with van der Waals surface area (Å²) < 4.78 is 27.3. The van der Waals surface area contributed by atoms with Crippen LogP contribution < -0.4 is 10.0 Å². The van der Waals surface area contributed by atoms with Crippen molar-refractivity contribution in [2.75, 3.05) is 5.32 Å². The third kappa shape index (κ3) is 3.46. The Morgan fingerprint density at radius 2 is 1.96 bits per heavy atom. The normalized spacial score (nSPS) is 14.7. The van der Waals surface area contributed by atoms with Gasteiger partial charge in [0.05, 0.1) is 0 Å². The van der Waals surface area contributed by atoms with E-state index in [4.69, 9.17) is 0 Å². The predicted molar refractivity (Wildman–Crippen MR) is 91.5 cm³/mol. The fourth-order valence-corrected chi connectivity index (χ4v) is 4.85. The monoisotopic (exact) mass is 350 g/mol. The Balaban J connectivity index is 1.86. The molecule has 23 heavy (non-hydrogen) atoms. The largest absolute Gasteiger partial charge is 0.321 e. The van der Waals surface area contributed by atoms with E-state index >= 15 is 0 Å². The van der Waals surface area contributed by atoms with Gasteiger partial charge in [-0.05, 0) is 55.3 Å². The smallest absolute Gasteiger partial charge is 0.267 e. The number of amides is 1. The van der Waals surface area contributed by atoms with Crippen molar-refractivity contribution in [3.05, 3.63) is 45.6 Å². The van der Waals surface area contributed by atoms with Gasteiger partial charge in [-0.3, -0.25) is 4.79 Å². The predicted octanol–water partition coefficient (Wildman–Crippen LogP) is 3.06. The van der Waals surface area contributed by atoms with Gasteiger partial charge in [0.25, 0.3) is 5.91 Å². The summed E-state index contributed by atoms with van der Waals surface area (Å²) in [5.41, 5.74) is 2.73. The number of anilines is 1. The second kappa shape index (κ2) is 6.07. The van der Waals surface area contributed by atoms with Crippen LogP contribution >= 0.6 is 11.3 Å². The molecule has 1 aliphatic rings. The van der Waals surface area contributed by atoms with Crippen molar-refractivity contribution in [1.29, 1.82) is 0 Å². The lowest BCUT2D eigenvalue weighted by molar-refractivity contribution is 0.102. The van der Waals surface area contributed by atoms with Crippen molar-refractivity contribution in [3.8, 4) is 0 Å². The summed E-state index contributed by atoms with van der Waals surface area (Å²) in [6.45, 7) is 3.89. The third-order valence-corrected chi connectivity index (χ3v) is 6.48. The van der Waals surface area contributed by atoms with Crippen LogP contribution in [0.4, 0.5) is 5.69 Å². The Kier molecular flexibility index (Phi) is 4.27. The van der Waals surface area contributed by atoms with Gasteiger partial charge in [0.1, 0.15) is 9.77 Å². The van der Waals surface area contributed by atoms with E-state index in [1.807, 2.05) is 32.0 Å². The Hall–Kier alpha value is -1.70. The standard InChI is InChI=1S/C16H18N2O3S2/c1-10-4-3-5-13(11(10)2)17-16(19)15-14(8-9-22-15)23(20,21)18-12-6-7-12/h3-5,8-9,12,18H,6-7H2,1-2H3,(H,17,19). The zero-order valence-corrected chi connectivity index (χ0v) is 14.6. The van der Waals surface area contributed by atoms with Crippen LogP contribution in [0.5, 0.6) is 0 Å². The van der Waals surface area contributed by atoms with Gasteiger partial charge in [0, 0.05) is 11.7 Å². The van der Waals surface area contributed by atoms with Crippen LogP contribution in [0.2, 0.25) is 0 Å². The van der Waals surface area contributed by atoms with Gasteiger partial charge in [-0.1, -0.05) is 12.1 Å². The molecule has 2 aromatic rings. The molecule has 1 aliphatic carbocycles. The summed E-state index contributed by atoms with van der Waals surface area (Å²) in [5, 5.41) is 4.44. The minimum Gasteiger partial charge on any atom is -0.321 e. The van der Waals surface area contributed by atoms with Gasteiger partial charge in [-0.25, -0.2) is 13.1 Å². The highest BCUT2D eigenvalue weighted by molar-refractivity contribution is 7.89. The highest BCUT2D eigenvalue weighted by atomic mass is 32.2. The van der Waals surface area contributed by atoms with Gasteiger partial charge in [0.2, 0.25) is 10.0 Å². The first-order valence-corrected chi connectivity index (χ1v) is 9.72. The summed E-state index contributed by atoms with van der Waals surface area (Å²) in [6, 6.07) is 7.12. The molecule has 1 saturated carbocycles. The summed E-state index contributed by atoms with van der Waals surface area (Å²) in [6.07, 6.45) is 1.71. The SMILES string of the molecule is Cc1cccc(NC(=O)c2sccc2S(=O)(=O)NC2CC2)c1C. The first-order chi connectivity index (χ1) is 10.9. The van der Waals surface area contributed by atoms with E-state index in [1.165, 1.54) is 6.07 Å².